The molecule has 0 aliphatic rings. The summed E-state index contributed by atoms with van der Waals surface area (Å²) in [6.07, 6.45) is 1.58. The van der Waals surface area contributed by atoms with Crippen LogP contribution in [0, 0.1) is 0 Å². The molecule has 0 aliphatic carbocycles. The second-order valence-electron chi connectivity index (χ2n) is 5.59. The smallest absolute Gasteiger partial charge is 0.263 e. The summed E-state index contributed by atoms with van der Waals surface area (Å²) in [7, 11) is 0.865. The number of nitrogens with zero attached hydrogens (tertiary/aromatic N) is 3. The van der Waals surface area contributed by atoms with Crippen LogP contribution in [-0.2, 0) is 17.1 Å². The van der Waals surface area contributed by atoms with Gasteiger partial charge in [0, 0.05) is 28.8 Å². The van der Waals surface area contributed by atoms with Crippen LogP contribution in [0.3, 0.4) is 0 Å². The highest BCUT2D eigenvalue weighted by atomic mass is 79.9. The summed E-state index contributed by atoms with van der Waals surface area (Å²) in [5.41, 5.74) is 1.14. The molecule has 0 spiro atoms. The molecule has 0 saturated carbocycles. The van der Waals surface area contributed by atoms with Gasteiger partial charge in [-0.05, 0) is 34.1 Å². The van der Waals surface area contributed by atoms with E-state index in [4.69, 9.17) is 9.47 Å². The summed E-state index contributed by atoms with van der Waals surface area (Å²) in [6.45, 7) is 0. The number of benzene rings is 2. The first-order chi connectivity index (χ1) is 12.9. The molecule has 0 unspecified atom stereocenters. The van der Waals surface area contributed by atoms with E-state index in [1.54, 1.807) is 35.2 Å². The van der Waals surface area contributed by atoms with Gasteiger partial charge in [-0.1, -0.05) is 12.1 Å². The van der Waals surface area contributed by atoms with Gasteiger partial charge in [0.2, 0.25) is 0 Å². The number of hydrogen-bond acceptors (Lipinski definition) is 6. The average Bonchev–Trinajstić information content (AvgIpc) is 3.07. The van der Waals surface area contributed by atoms with Gasteiger partial charge in [0.25, 0.3) is 10.0 Å². The molecule has 2 aromatic carbocycles. The van der Waals surface area contributed by atoms with Crippen LogP contribution in [-0.4, -0.2) is 37.4 Å². The van der Waals surface area contributed by atoms with Crippen molar-refractivity contribution in [2.24, 2.45) is 7.05 Å². The van der Waals surface area contributed by atoms with Crippen LogP contribution in [0.2, 0.25) is 0 Å². The predicted octanol–water partition coefficient (Wildman–Crippen LogP) is 3.06. The van der Waals surface area contributed by atoms with Crippen LogP contribution in [0.15, 0.2) is 52.1 Å². The molecular formula is C17H17BrN4O4S. The lowest BCUT2D eigenvalue weighted by molar-refractivity contribution is 0.353. The molecule has 0 aliphatic heterocycles. The maximum Gasteiger partial charge on any atom is 0.263 e. The van der Waals surface area contributed by atoms with Gasteiger partial charge >= 0.3 is 0 Å². The normalized spacial score (nSPS) is 11.3. The van der Waals surface area contributed by atoms with E-state index in [1.165, 1.54) is 20.3 Å². The zero-order valence-electron chi connectivity index (χ0n) is 14.8. The Bertz CT molecular complexity index is 1080. The van der Waals surface area contributed by atoms with Gasteiger partial charge in [0.1, 0.15) is 11.2 Å². The Hall–Kier alpha value is -2.59. The van der Waals surface area contributed by atoms with E-state index in [0.717, 1.165) is 5.56 Å². The highest BCUT2D eigenvalue weighted by Crippen LogP contribution is 2.36. The zero-order valence-corrected chi connectivity index (χ0v) is 17.2. The van der Waals surface area contributed by atoms with E-state index >= 15 is 0 Å². The molecule has 8 nitrogen and oxygen atoms in total. The number of rotatable bonds is 6. The Morgan fingerprint density at radius 1 is 1.11 bits per heavy atom. The van der Waals surface area contributed by atoms with Crippen molar-refractivity contribution in [2.45, 2.75) is 4.90 Å². The van der Waals surface area contributed by atoms with E-state index < -0.39 is 10.0 Å². The minimum absolute atomic E-state index is 0.0317. The molecule has 0 atom stereocenters. The summed E-state index contributed by atoms with van der Waals surface area (Å²) < 4.78 is 40.8. The Morgan fingerprint density at radius 3 is 2.44 bits per heavy atom. The number of hydrogen-bond donors (Lipinski definition) is 1. The van der Waals surface area contributed by atoms with Crippen LogP contribution >= 0.6 is 15.9 Å². The van der Waals surface area contributed by atoms with Crippen LogP contribution in [0.5, 0.6) is 11.5 Å². The molecule has 3 aromatic rings. The summed E-state index contributed by atoms with van der Waals surface area (Å²) in [5, 5.41) is 7.87. The van der Waals surface area contributed by atoms with Crippen LogP contribution in [0.25, 0.3) is 11.4 Å². The SMILES string of the molecule is COc1cc(Br)c(S(=O)(=O)Nc2cccc(-c3nncn3C)c2)cc1OC. The fraction of sp³-hybridized carbons (Fsp3) is 0.176. The number of ether oxygens (including phenoxy) is 2. The lowest BCUT2D eigenvalue weighted by atomic mass is 10.2. The molecular weight excluding hydrogens is 436 g/mol. The quantitative estimate of drug-likeness (QED) is 0.617. The highest BCUT2D eigenvalue weighted by Gasteiger charge is 2.22. The molecule has 1 aromatic heterocycles. The Balaban J connectivity index is 1.97. The van der Waals surface area contributed by atoms with Crippen molar-refractivity contribution >= 4 is 31.6 Å². The monoisotopic (exact) mass is 452 g/mol. The number of sulfonamides is 1. The van der Waals surface area contributed by atoms with E-state index in [-0.39, 0.29) is 4.90 Å². The molecule has 0 bridgehead atoms. The van der Waals surface area contributed by atoms with Crippen LogP contribution in [0.4, 0.5) is 5.69 Å². The Kier molecular flexibility index (Phi) is 5.38. The lowest BCUT2D eigenvalue weighted by Crippen LogP contribution is -2.14. The third-order valence-electron chi connectivity index (χ3n) is 3.81. The number of anilines is 1. The topological polar surface area (TPSA) is 95.3 Å². The molecule has 10 heteroatoms. The Morgan fingerprint density at radius 2 is 1.81 bits per heavy atom. The number of aromatic nitrogens is 3. The molecule has 27 heavy (non-hydrogen) atoms. The third-order valence-corrected chi connectivity index (χ3v) is 6.15. The average molecular weight is 453 g/mol. The maximum atomic E-state index is 12.9. The first kappa shape index (κ1) is 19.2. The van der Waals surface area contributed by atoms with E-state index in [1.807, 2.05) is 13.1 Å². The van der Waals surface area contributed by atoms with Crippen molar-refractivity contribution in [1.29, 1.82) is 0 Å². The standard InChI is InChI=1S/C17H17BrN4O4S/c1-22-10-19-20-17(22)11-5-4-6-12(7-11)21-27(23,24)16-9-15(26-3)14(25-2)8-13(16)18/h4-10,21H,1-3H3. The molecule has 1 N–H and O–H groups in total. The summed E-state index contributed by atoms with van der Waals surface area (Å²) in [4.78, 5) is 0.0317. The van der Waals surface area contributed by atoms with Crippen molar-refractivity contribution in [1.82, 2.24) is 14.8 Å². The summed E-state index contributed by atoms with van der Waals surface area (Å²) in [6, 6.07) is 9.86. The molecule has 0 fully saturated rings. The first-order valence-electron chi connectivity index (χ1n) is 7.74. The zero-order chi connectivity index (χ0) is 19.6. The molecule has 142 valence electrons. The van der Waals surface area contributed by atoms with Gasteiger partial charge in [-0.25, -0.2) is 8.42 Å². The first-order valence-corrected chi connectivity index (χ1v) is 10.0. The van der Waals surface area contributed by atoms with Gasteiger partial charge in [-0.2, -0.15) is 0 Å². The maximum absolute atomic E-state index is 12.9. The van der Waals surface area contributed by atoms with Crippen molar-refractivity contribution in [3.05, 3.63) is 47.2 Å². The van der Waals surface area contributed by atoms with Gasteiger partial charge in [0.15, 0.2) is 17.3 Å². The fourth-order valence-electron chi connectivity index (χ4n) is 2.52. The van der Waals surface area contributed by atoms with Crippen LogP contribution < -0.4 is 14.2 Å². The number of nitrogens with one attached hydrogen (secondary N) is 1. The van der Waals surface area contributed by atoms with Gasteiger partial charge in [-0.15, -0.1) is 10.2 Å². The van der Waals surface area contributed by atoms with Gasteiger partial charge < -0.3 is 14.0 Å². The van der Waals surface area contributed by atoms with Gasteiger partial charge in [-0.3, -0.25) is 4.72 Å². The number of methoxy groups -OCH3 is 2. The summed E-state index contributed by atoms with van der Waals surface area (Å²) in [5.74, 6) is 1.37. The molecule has 0 amide bonds. The van der Waals surface area contributed by atoms with Crippen molar-refractivity contribution < 1.29 is 17.9 Å². The fourth-order valence-corrected chi connectivity index (χ4v) is 4.60. The van der Waals surface area contributed by atoms with Crippen LogP contribution in [0.1, 0.15) is 0 Å². The minimum atomic E-state index is -3.87. The molecule has 3 rings (SSSR count). The number of halogens is 1. The minimum Gasteiger partial charge on any atom is -0.493 e. The largest absolute Gasteiger partial charge is 0.493 e. The predicted molar refractivity (Wildman–Crippen MR) is 104 cm³/mol. The Labute approximate surface area is 165 Å². The van der Waals surface area contributed by atoms with Crippen molar-refractivity contribution in [3.8, 4) is 22.9 Å². The van der Waals surface area contributed by atoms with E-state index in [2.05, 4.69) is 30.8 Å². The van der Waals surface area contributed by atoms with E-state index in [9.17, 15) is 8.42 Å². The molecule has 0 radical (unpaired) electrons. The second kappa shape index (κ2) is 7.57. The molecule has 1 heterocycles. The lowest BCUT2D eigenvalue weighted by Gasteiger charge is -2.14. The third kappa shape index (κ3) is 3.91. The summed E-state index contributed by atoms with van der Waals surface area (Å²) >= 11 is 3.28. The highest BCUT2D eigenvalue weighted by molar-refractivity contribution is 9.10. The van der Waals surface area contributed by atoms with Crippen molar-refractivity contribution in [2.75, 3.05) is 18.9 Å². The number of aryl methyl sites for hydroxylation is 1. The molecule has 0 saturated heterocycles. The van der Waals surface area contributed by atoms with E-state index in [0.29, 0.717) is 27.5 Å². The van der Waals surface area contributed by atoms with Crippen molar-refractivity contribution in [3.63, 3.8) is 0 Å². The van der Waals surface area contributed by atoms with Gasteiger partial charge in [0.05, 0.1) is 14.2 Å². The second-order valence-corrected chi connectivity index (χ2v) is 8.09.